The van der Waals surface area contributed by atoms with E-state index in [4.69, 9.17) is 0 Å². The average Bonchev–Trinajstić information content (AvgIpc) is 2.71. The highest BCUT2D eigenvalue weighted by Gasteiger charge is 2.17. The van der Waals surface area contributed by atoms with Gasteiger partial charge in [0.15, 0.2) is 0 Å². The Hall–Kier alpha value is -3.46. The van der Waals surface area contributed by atoms with E-state index in [9.17, 15) is 22.0 Å². The second kappa shape index (κ2) is 9.13. The lowest BCUT2D eigenvalue weighted by molar-refractivity contribution is -0.0498. The largest absolute Gasteiger partial charge is 0.435 e. The molecule has 0 bridgehead atoms. The van der Waals surface area contributed by atoms with Crippen LogP contribution in [-0.2, 0) is 10.0 Å². The summed E-state index contributed by atoms with van der Waals surface area (Å²) in [6, 6.07) is 16.6. The first-order chi connectivity index (χ1) is 14.6. The maximum atomic E-state index is 12.7. The second-order valence-corrected chi connectivity index (χ2v) is 8.46. The van der Waals surface area contributed by atoms with Gasteiger partial charge >= 0.3 is 6.61 Å². The average molecular weight is 446 g/mol. The van der Waals surface area contributed by atoms with Crippen molar-refractivity contribution < 1.29 is 26.7 Å². The first kappa shape index (κ1) is 22.2. The number of benzene rings is 3. The fraction of sp³-hybridized carbons (Fsp3) is 0.136. The third-order valence-corrected chi connectivity index (χ3v) is 5.89. The van der Waals surface area contributed by atoms with E-state index in [0.717, 1.165) is 5.56 Å². The molecule has 3 aromatic carbocycles. The summed E-state index contributed by atoms with van der Waals surface area (Å²) in [4.78, 5) is 12.6. The molecule has 0 aliphatic carbocycles. The third-order valence-electron chi connectivity index (χ3n) is 4.37. The third kappa shape index (κ3) is 5.79. The van der Waals surface area contributed by atoms with Gasteiger partial charge in [0, 0.05) is 16.9 Å². The van der Waals surface area contributed by atoms with Crippen LogP contribution in [0.25, 0.3) is 0 Å². The van der Waals surface area contributed by atoms with Gasteiger partial charge in [-0.2, -0.15) is 8.78 Å². The number of nitrogens with one attached hydrogen (secondary N) is 2. The predicted molar refractivity (Wildman–Crippen MR) is 114 cm³/mol. The van der Waals surface area contributed by atoms with Gasteiger partial charge in [-0.15, -0.1) is 0 Å². The molecule has 0 atom stereocenters. The van der Waals surface area contributed by atoms with E-state index < -0.39 is 22.5 Å². The minimum atomic E-state index is -3.78. The van der Waals surface area contributed by atoms with Gasteiger partial charge in [0.1, 0.15) is 5.75 Å². The number of anilines is 2. The molecule has 2 N–H and O–H groups in total. The zero-order valence-electron chi connectivity index (χ0n) is 16.7. The molecule has 0 unspecified atom stereocenters. The Kier molecular flexibility index (Phi) is 6.55. The number of hydrogen-bond donors (Lipinski definition) is 2. The molecule has 0 saturated heterocycles. The van der Waals surface area contributed by atoms with Gasteiger partial charge in [0.25, 0.3) is 15.9 Å². The second-order valence-electron chi connectivity index (χ2n) is 6.81. The van der Waals surface area contributed by atoms with Gasteiger partial charge < -0.3 is 10.1 Å². The van der Waals surface area contributed by atoms with E-state index in [2.05, 4.69) is 14.8 Å². The number of alkyl halides is 2. The normalized spacial score (nSPS) is 11.3. The summed E-state index contributed by atoms with van der Waals surface area (Å²) in [6.45, 7) is 0.602. The first-order valence-corrected chi connectivity index (χ1v) is 10.7. The van der Waals surface area contributed by atoms with Crippen LogP contribution in [0.5, 0.6) is 5.75 Å². The zero-order chi connectivity index (χ0) is 22.6. The molecule has 0 radical (unpaired) electrons. The predicted octanol–water partition coefficient (Wildman–Crippen LogP) is 4.96. The minimum Gasteiger partial charge on any atom is -0.435 e. The van der Waals surface area contributed by atoms with Crippen molar-refractivity contribution in [1.82, 2.24) is 0 Å². The van der Waals surface area contributed by atoms with Crippen molar-refractivity contribution in [2.75, 3.05) is 10.0 Å². The summed E-state index contributed by atoms with van der Waals surface area (Å²) in [5, 5.41) is 2.63. The van der Waals surface area contributed by atoms with Crippen molar-refractivity contribution in [2.24, 2.45) is 0 Å². The highest BCUT2D eigenvalue weighted by Crippen LogP contribution is 2.22. The van der Waals surface area contributed by atoms with Gasteiger partial charge in [0.2, 0.25) is 0 Å². The molecule has 3 aromatic rings. The van der Waals surface area contributed by atoms with Crippen LogP contribution in [0.4, 0.5) is 20.2 Å². The summed E-state index contributed by atoms with van der Waals surface area (Å²) in [5.74, 6) is -0.458. The van der Waals surface area contributed by atoms with E-state index in [-0.39, 0.29) is 10.6 Å². The smallest absolute Gasteiger partial charge is 0.387 e. The van der Waals surface area contributed by atoms with Crippen molar-refractivity contribution >= 4 is 27.3 Å². The Balaban J connectivity index is 1.68. The molecule has 3 rings (SSSR count). The molecule has 9 heteroatoms. The molecule has 0 fully saturated rings. The van der Waals surface area contributed by atoms with E-state index in [1.54, 1.807) is 19.1 Å². The molecule has 1 amide bonds. The summed E-state index contributed by atoms with van der Waals surface area (Å²) in [5.41, 5.74) is 2.45. The van der Waals surface area contributed by atoms with Crippen molar-refractivity contribution in [3.63, 3.8) is 0 Å². The van der Waals surface area contributed by atoms with Gasteiger partial charge in [0.05, 0.1) is 4.90 Å². The number of halogens is 2. The molecule has 162 valence electrons. The lowest BCUT2D eigenvalue weighted by Gasteiger charge is -2.12. The molecule has 0 saturated carbocycles. The van der Waals surface area contributed by atoms with E-state index >= 15 is 0 Å². The van der Waals surface area contributed by atoms with Gasteiger partial charge in [-0.1, -0.05) is 12.1 Å². The van der Waals surface area contributed by atoms with Crippen LogP contribution < -0.4 is 14.8 Å². The summed E-state index contributed by atoms with van der Waals surface area (Å²) >= 11 is 0. The van der Waals surface area contributed by atoms with Crippen LogP contribution in [0.1, 0.15) is 21.5 Å². The van der Waals surface area contributed by atoms with Crippen LogP contribution in [-0.4, -0.2) is 20.9 Å². The lowest BCUT2D eigenvalue weighted by atomic mass is 10.2. The Labute approximate surface area is 178 Å². The molecule has 0 spiro atoms. The van der Waals surface area contributed by atoms with Crippen molar-refractivity contribution in [1.29, 1.82) is 0 Å². The van der Waals surface area contributed by atoms with E-state index in [1.165, 1.54) is 48.5 Å². The maximum absolute atomic E-state index is 12.7. The minimum absolute atomic E-state index is 0.0199. The van der Waals surface area contributed by atoms with Crippen LogP contribution in [0.3, 0.4) is 0 Å². The number of ether oxygens (including phenoxy) is 1. The van der Waals surface area contributed by atoms with Crippen LogP contribution >= 0.6 is 0 Å². The van der Waals surface area contributed by atoms with Gasteiger partial charge in [-0.25, -0.2) is 8.42 Å². The molecule has 6 nitrogen and oxygen atoms in total. The Morgan fingerprint density at radius 2 is 1.52 bits per heavy atom. The van der Waals surface area contributed by atoms with Crippen LogP contribution in [0.2, 0.25) is 0 Å². The quantitative estimate of drug-likeness (QED) is 0.537. The number of aryl methyl sites for hydroxylation is 2. The van der Waals surface area contributed by atoms with E-state index in [1.807, 2.05) is 13.0 Å². The SMILES string of the molecule is Cc1ccc(C)c(S(=O)(=O)Nc2ccc(C(=O)Nc3ccc(OC(F)F)cc3)cc2)c1. The van der Waals surface area contributed by atoms with Crippen LogP contribution in [0.15, 0.2) is 71.6 Å². The molecule has 0 heterocycles. The monoisotopic (exact) mass is 446 g/mol. The standard InChI is InChI=1S/C22H20F2N2O4S/c1-14-3-4-15(2)20(13-14)31(28,29)26-18-7-5-16(6-8-18)21(27)25-17-9-11-19(12-10-17)30-22(23)24/h3-13,22,26H,1-2H3,(H,25,27). The van der Waals surface area contributed by atoms with Crippen molar-refractivity contribution in [3.8, 4) is 5.75 Å². The van der Waals surface area contributed by atoms with Gasteiger partial charge in [-0.05, 0) is 79.6 Å². The maximum Gasteiger partial charge on any atom is 0.387 e. The summed E-state index contributed by atoms with van der Waals surface area (Å²) in [7, 11) is -3.78. The highest BCUT2D eigenvalue weighted by atomic mass is 32.2. The molecule has 31 heavy (non-hydrogen) atoms. The van der Waals surface area contributed by atoms with Crippen molar-refractivity contribution in [2.45, 2.75) is 25.4 Å². The molecule has 0 aliphatic heterocycles. The van der Waals surface area contributed by atoms with Crippen molar-refractivity contribution in [3.05, 3.63) is 83.4 Å². The number of sulfonamides is 1. The number of rotatable bonds is 7. The van der Waals surface area contributed by atoms with Gasteiger partial charge in [-0.3, -0.25) is 9.52 Å². The molecule has 0 aromatic heterocycles. The van der Waals surface area contributed by atoms with Crippen LogP contribution in [0, 0.1) is 13.8 Å². The highest BCUT2D eigenvalue weighted by molar-refractivity contribution is 7.92. The number of carbonyl (C=O) groups excluding carboxylic acids is 1. The Morgan fingerprint density at radius 3 is 2.13 bits per heavy atom. The van der Waals surface area contributed by atoms with E-state index in [0.29, 0.717) is 22.5 Å². The lowest BCUT2D eigenvalue weighted by Crippen LogP contribution is -2.15. The fourth-order valence-electron chi connectivity index (χ4n) is 2.82. The zero-order valence-corrected chi connectivity index (χ0v) is 17.5. The number of carbonyl (C=O) groups is 1. The topological polar surface area (TPSA) is 84.5 Å². The molecule has 0 aliphatic rings. The summed E-state index contributed by atoms with van der Waals surface area (Å²) in [6.07, 6.45) is 0. The Morgan fingerprint density at radius 1 is 0.903 bits per heavy atom. The number of amides is 1. The molecular weight excluding hydrogens is 426 g/mol. The fourth-order valence-corrected chi connectivity index (χ4v) is 4.21. The summed E-state index contributed by atoms with van der Waals surface area (Å²) < 4.78 is 56.5. The Bertz CT molecular complexity index is 1180. The first-order valence-electron chi connectivity index (χ1n) is 9.20. The molecular formula is C22H20F2N2O4S. The number of hydrogen-bond acceptors (Lipinski definition) is 4.